The lowest BCUT2D eigenvalue weighted by atomic mass is 9.80. The Kier molecular flexibility index (Phi) is 8.09. The maximum atomic E-state index is 14.6. The van der Waals surface area contributed by atoms with Gasteiger partial charge in [0.25, 0.3) is 0 Å². The predicted octanol–water partition coefficient (Wildman–Crippen LogP) is 3.79. The number of pyridine rings is 1. The first-order chi connectivity index (χ1) is 19.6. The zero-order valence-electron chi connectivity index (χ0n) is 22.7. The Balaban J connectivity index is 1.46. The number of aromatic nitrogens is 6. The summed E-state index contributed by atoms with van der Waals surface area (Å²) >= 11 is 2.08. The van der Waals surface area contributed by atoms with Crippen LogP contribution in [0.25, 0.3) is 28.2 Å². The molecule has 1 amide bonds. The summed E-state index contributed by atoms with van der Waals surface area (Å²) in [6.07, 6.45) is 2.91. The number of nitriles is 1. The van der Waals surface area contributed by atoms with E-state index in [1.165, 1.54) is 31.8 Å². The molecule has 4 aromatic heterocycles. The number of hydrogen-bond acceptors (Lipinski definition) is 9. The van der Waals surface area contributed by atoms with Gasteiger partial charge in [-0.2, -0.15) is 10.4 Å². The van der Waals surface area contributed by atoms with E-state index in [1.54, 1.807) is 16.8 Å². The number of hydrogen-bond donors (Lipinski definition) is 3. The van der Waals surface area contributed by atoms with Gasteiger partial charge in [0.15, 0.2) is 0 Å². The summed E-state index contributed by atoms with van der Waals surface area (Å²) in [5.74, 6) is 0.314. The van der Waals surface area contributed by atoms with Gasteiger partial charge < -0.3 is 20.5 Å². The normalized spacial score (nSPS) is 17.5. The number of anilines is 1. The summed E-state index contributed by atoms with van der Waals surface area (Å²) in [6, 6.07) is 9.69. The number of nitrogens with zero attached hydrogens (tertiary/aromatic N) is 7. The van der Waals surface area contributed by atoms with Crippen molar-refractivity contribution in [2.45, 2.75) is 51.0 Å². The quantitative estimate of drug-likeness (QED) is 0.225. The van der Waals surface area contributed by atoms with E-state index in [1.807, 2.05) is 18.2 Å². The summed E-state index contributed by atoms with van der Waals surface area (Å²) in [5, 5.41) is 38.5. The first-order valence-corrected chi connectivity index (χ1v) is 14.1. The van der Waals surface area contributed by atoms with E-state index in [2.05, 4.69) is 59.4 Å². The molecule has 214 valence electrons. The fraction of sp³-hybridized carbons (Fsp3) is 0.407. The van der Waals surface area contributed by atoms with Crippen molar-refractivity contribution in [2.75, 3.05) is 19.0 Å². The van der Waals surface area contributed by atoms with E-state index in [4.69, 9.17) is 4.98 Å². The van der Waals surface area contributed by atoms with Crippen LogP contribution in [0.1, 0.15) is 32.3 Å². The average Bonchev–Trinajstić information content (AvgIpc) is 3.51. The molecule has 0 radical (unpaired) electrons. The summed E-state index contributed by atoms with van der Waals surface area (Å²) in [6.45, 7) is 3.22. The second-order valence-electron chi connectivity index (χ2n) is 10.6. The Bertz CT molecular complexity index is 1620. The van der Waals surface area contributed by atoms with Crippen LogP contribution < -0.4 is 10.6 Å². The summed E-state index contributed by atoms with van der Waals surface area (Å²) < 4.78 is 23.0. The molecule has 1 saturated carbocycles. The molecule has 0 unspecified atom stereocenters. The Morgan fingerprint density at radius 3 is 2.83 bits per heavy atom. The van der Waals surface area contributed by atoms with Crippen molar-refractivity contribution < 1.29 is 19.0 Å². The van der Waals surface area contributed by atoms with Gasteiger partial charge >= 0.3 is 6.09 Å². The van der Waals surface area contributed by atoms with Crippen molar-refractivity contribution >= 4 is 39.9 Å². The Morgan fingerprint density at radius 2 is 2.12 bits per heavy atom. The molecule has 4 aromatic rings. The van der Waals surface area contributed by atoms with Gasteiger partial charge in [0.1, 0.15) is 21.6 Å². The van der Waals surface area contributed by atoms with Gasteiger partial charge in [0, 0.05) is 30.0 Å². The van der Waals surface area contributed by atoms with Gasteiger partial charge in [-0.1, -0.05) is 5.21 Å². The lowest BCUT2D eigenvalue weighted by Crippen LogP contribution is -2.42. The molecule has 4 heterocycles. The third-order valence-electron chi connectivity index (χ3n) is 7.14. The highest BCUT2D eigenvalue weighted by Crippen LogP contribution is 2.37. The fourth-order valence-corrected chi connectivity index (χ4v) is 5.35. The number of carbonyl (C=O) groups excluding carboxylic acids is 1. The van der Waals surface area contributed by atoms with Gasteiger partial charge in [-0.3, -0.25) is 4.98 Å². The van der Waals surface area contributed by atoms with Crippen LogP contribution >= 0.6 is 22.6 Å². The third-order valence-corrected chi connectivity index (χ3v) is 8.21. The third kappa shape index (κ3) is 6.10. The Morgan fingerprint density at radius 1 is 1.34 bits per heavy atom. The van der Waals surface area contributed by atoms with Crippen molar-refractivity contribution in [3.05, 3.63) is 45.9 Å². The van der Waals surface area contributed by atoms with Crippen LogP contribution in [0.4, 0.5) is 14.9 Å². The number of nitrogens with one attached hydrogen (secondary N) is 2. The van der Waals surface area contributed by atoms with Crippen LogP contribution in [0, 0.1) is 20.9 Å². The van der Waals surface area contributed by atoms with Crippen molar-refractivity contribution in [3.63, 3.8) is 0 Å². The van der Waals surface area contributed by atoms with E-state index < -0.39 is 17.9 Å². The highest BCUT2D eigenvalue weighted by Gasteiger charge is 2.32. The number of alkyl carbamates (subject to hydrolysis) is 1. The van der Waals surface area contributed by atoms with E-state index in [-0.39, 0.29) is 12.6 Å². The van der Waals surface area contributed by atoms with Crippen LogP contribution in [-0.2, 0) is 11.3 Å². The maximum absolute atomic E-state index is 14.6. The van der Waals surface area contributed by atoms with Crippen molar-refractivity contribution in [2.24, 2.45) is 5.92 Å². The van der Waals surface area contributed by atoms with Crippen LogP contribution in [-0.4, -0.2) is 72.3 Å². The van der Waals surface area contributed by atoms with Gasteiger partial charge in [0.05, 0.1) is 47.9 Å². The Hall–Kier alpha value is -3.84. The SMILES string of the molecule is COC(=O)NC[C@H]1C[C@H](Nc2cc(-c3ccc4cc(C#N)cnn34)ncc2-c2nnn(C[C@@H](F)C(C)(C)O)c2I)C1. The molecule has 3 N–H and O–H groups in total. The molecule has 0 aliphatic heterocycles. The molecule has 41 heavy (non-hydrogen) atoms. The number of rotatable bonds is 9. The molecule has 0 bridgehead atoms. The first kappa shape index (κ1) is 28.7. The summed E-state index contributed by atoms with van der Waals surface area (Å²) in [5.41, 5.74) is 3.12. The number of fused-ring (bicyclic) bond motifs is 1. The molecule has 1 atom stereocenters. The highest BCUT2D eigenvalue weighted by atomic mass is 127. The fourth-order valence-electron chi connectivity index (χ4n) is 4.66. The van der Waals surface area contributed by atoms with Gasteiger partial charge in [-0.25, -0.2) is 18.4 Å². The van der Waals surface area contributed by atoms with Crippen molar-refractivity contribution in [1.29, 1.82) is 5.26 Å². The predicted molar refractivity (Wildman–Crippen MR) is 157 cm³/mol. The molecule has 1 aliphatic rings. The lowest BCUT2D eigenvalue weighted by Gasteiger charge is -2.37. The van der Waals surface area contributed by atoms with Gasteiger partial charge in [0.2, 0.25) is 0 Å². The van der Waals surface area contributed by atoms with Crippen LogP contribution in [0.2, 0.25) is 0 Å². The molecule has 14 heteroatoms. The van der Waals surface area contributed by atoms with Crippen molar-refractivity contribution in [3.8, 4) is 28.7 Å². The molecule has 1 fully saturated rings. The number of methoxy groups -OCH3 is 1. The second-order valence-corrected chi connectivity index (χ2v) is 11.6. The molecule has 0 aromatic carbocycles. The number of amides is 1. The zero-order valence-corrected chi connectivity index (χ0v) is 24.8. The minimum Gasteiger partial charge on any atom is -0.453 e. The zero-order chi connectivity index (χ0) is 29.3. The minimum absolute atomic E-state index is 0.145. The average molecular weight is 673 g/mol. The largest absolute Gasteiger partial charge is 0.453 e. The number of alkyl halides is 1. The van der Waals surface area contributed by atoms with E-state index in [0.29, 0.717) is 38.7 Å². The van der Waals surface area contributed by atoms with E-state index in [0.717, 1.165) is 29.7 Å². The summed E-state index contributed by atoms with van der Waals surface area (Å²) in [7, 11) is 1.34. The Labute approximate surface area is 249 Å². The molecule has 0 spiro atoms. The molecular formula is C27H29FIN9O3. The maximum Gasteiger partial charge on any atom is 0.406 e. The van der Waals surface area contributed by atoms with Gasteiger partial charge in [-0.15, -0.1) is 5.10 Å². The molecule has 0 saturated heterocycles. The molecule has 5 rings (SSSR count). The second kappa shape index (κ2) is 11.6. The van der Waals surface area contributed by atoms with Crippen LogP contribution in [0.5, 0.6) is 0 Å². The highest BCUT2D eigenvalue weighted by molar-refractivity contribution is 14.1. The lowest BCUT2D eigenvalue weighted by molar-refractivity contribution is -0.0123. The standard InChI is InChI=1S/C27H29FIN9O3/c1-27(2,40)23(28)14-37-25(29)24(35-36-37)19-13-31-21(22-5-4-18-8-16(10-30)12-33-38(18)22)9-20(19)34-17-6-15(7-17)11-32-26(39)41-3/h4-5,8-9,12-13,15,17,23,40H,6-7,11,14H2,1-3H3,(H,31,34)(H,32,39)/t15-,17-,23-/m1/s1. The minimum atomic E-state index is -1.54. The van der Waals surface area contributed by atoms with Gasteiger partial charge in [-0.05, 0) is 79.5 Å². The smallest absolute Gasteiger partial charge is 0.406 e. The van der Waals surface area contributed by atoms with Crippen LogP contribution in [0.15, 0.2) is 36.7 Å². The first-order valence-electron chi connectivity index (χ1n) is 13.0. The van der Waals surface area contributed by atoms with Crippen LogP contribution in [0.3, 0.4) is 0 Å². The number of ether oxygens (including phenoxy) is 1. The van der Waals surface area contributed by atoms with E-state index in [9.17, 15) is 19.6 Å². The topological polar surface area (TPSA) is 155 Å². The molecular weight excluding hydrogens is 644 g/mol. The summed E-state index contributed by atoms with van der Waals surface area (Å²) in [4.78, 5) is 16.1. The molecule has 1 aliphatic carbocycles. The van der Waals surface area contributed by atoms with E-state index >= 15 is 0 Å². The molecule has 12 nitrogen and oxygen atoms in total. The number of aliphatic hydroxyl groups is 1. The number of carbonyl (C=O) groups is 1. The number of halogens is 2. The van der Waals surface area contributed by atoms with Crippen molar-refractivity contribution in [1.82, 2.24) is 34.9 Å². The monoisotopic (exact) mass is 673 g/mol.